The second-order valence-corrected chi connectivity index (χ2v) is 7.78. The number of urea groups is 1. The molecular weight excluding hydrogens is 364 g/mol. The number of nitro groups is 1. The second-order valence-electron chi connectivity index (χ2n) is 7.78. The lowest BCUT2D eigenvalue weighted by atomic mass is 9.87. The second kappa shape index (κ2) is 7.57. The lowest BCUT2D eigenvalue weighted by Gasteiger charge is -2.27. The summed E-state index contributed by atoms with van der Waals surface area (Å²) in [6.45, 7) is 3.29. The van der Waals surface area contributed by atoms with Crippen molar-refractivity contribution in [3.05, 3.63) is 39.9 Å². The van der Waals surface area contributed by atoms with Gasteiger partial charge in [0.2, 0.25) is 5.91 Å². The van der Waals surface area contributed by atoms with E-state index in [-0.39, 0.29) is 24.2 Å². The van der Waals surface area contributed by atoms with E-state index in [1.54, 1.807) is 0 Å². The smallest absolute Gasteiger partial charge is 0.325 e. The number of carbonyl (C=O) groups excluding carboxylic acids is 3. The molecule has 2 fully saturated rings. The summed E-state index contributed by atoms with van der Waals surface area (Å²) < 4.78 is 0. The number of amides is 4. The highest BCUT2D eigenvalue weighted by atomic mass is 16.6. The fourth-order valence-corrected chi connectivity index (χ4v) is 3.79. The molecule has 9 nitrogen and oxygen atoms in total. The molecule has 2 aliphatic rings. The van der Waals surface area contributed by atoms with Crippen molar-refractivity contribution in [1.82, 2.24) is 15.5 Å². The van der Waals surface area contributed by atoms with E-state index in [0.29, 0.717) is 11.5 Å². The first-order chi connectivity index (χ1) is 13.2. The van der Waals surface area contributed by atoms with Crippen LogP contribution in [0.25, 0.3) is 0 Å². The number of non-ortho nitro benzene ring substituents is 1. The van der Waals surface area contributed by atoms with Crippen molar-refractivity contribution in [3.63, 3.8) is 0 Å². The van der Waals surface area contributed by atoms with Crippen LogP contribution in [-0.4, -0.2) is 40.3 Å². The van der Waals surface area contributed by atoms with Crippen molar-refractivity contribution in [2.45, 2.75) is 51.1 Å². The van der Waals surface area contributed by atoms with E-state index in [9.17, 15) is 24.5 Å². The molecule has 0 aromatic heterocycles. The molecule has 1 saturated heterocycles. The predicted octanol–water partition coefficient (Wildman–Crippen LogP) is 2.06. The number of rotatable bonds is 5. The third kappa shape index (κ3) is 3.83. The third-order valence-electron chi connectivity index (χ3n) is 5.59. The summed E-state index contributed by atoms with van der Waals surface area (Å²) in [5.74, 6) is -0.341. The monoisotopic (exact) mass is 388 g/mol. The molecule has 1 heterocycles. The van der Waals surface area contributed by atoms with Gasteiger partial charge in [-0.2, -0.15) is 0 Å². The molecule has 1 aliphatic carbocycles. The molecule has 9 heteroatoms. The van der Waals surface area contributed by atoms with E-state index in [4.69, 9.17) is 0 Å². The van der Waals surface area contributed by atoms with Gasteiger partial charge in [0, 0.05) is 18.2 Å². The molecule has 0 spiro atoms. The molecular formula is C19H24N4O5. The Balaban J connectivity index is 1.70. The number of imide groups is 1. The zero-order valence-electron chi connectivity index (χ0n) is 15.9. The van der Waals surface area contributed by atoms with Crippen LogP contribution in [0, 0.1) is 16.0 Å². The van der Waals surface area contributed by atoms with Crippen molar-refractivity contribution in [3.8, 4) is 0 Å². The van der Waals surface area contributed by atoms with Gasteiger partial charge in [0.25, 0.3) is 11.6 Å². The molecule has 0 bridgehead atoms. The summed E-state index contributed by atoms with van der Waals surface area (Å²) in [5.41, 5.74) is -1.34. The minimum Gasteiger partial charge on any atom is -0.352 e. The van der Waals surface area contributed by atoms with Crippen molar-refractivity contribution in [1.29, 1.82) is 0 Å². The topological polar surface area (TPSA) is 122 Å². The molecule has 0 radical (unpaired) electrons. The van der Waals surface area contributed by atoms with Crippen molar-refractivity contribution >= 4 is 23.5 Å². The van der Waals surface area contributed by atoms with Crippen molar-refractivity contribution < 1.29 is 19.3 Å². The molecule has 3 rings (SSSR count). The standard InChI is InChI=1S/C19H24N4O5/c1-12-6-8-14(9-7-12)20-16(24)11-22-17(25)19(2,21-18(22)26)13-4-3-5-15(10-13)23(27)28/h3-5,10,12,14H,6-9,11H2,1-2H3,(H,20,24)(H,21,26). The van der Waals surface area contributed by atoms with Crippen LogP contribution in [0.15, 0.2) is 24.3 Å². The van der Waals surface area contributed by atoms with Gasteiger partial charge in [-0.1, -0.05) is 19.1 Å². The fraction of sp³-hybridized carbons (Fsp3) is 0.526. The van der Waals surface area contributed by atoms with Crippen LogP contribution in [0.3, 0.4) is 0 Å². The van der Waals surface area contributed by atoms with Gasteiger partial charge in [-0.3, -0.25) is 24.6 Å². The zero-order chi connectivity index (χ0) is 20.5. The largest absolute Gasteiger partial charge is 0.352 e. The van der Waals surface area contributed by atoms with Gasteiger partial charge in [0.05, 0.1) is 4.92 Å². The summed E-state index contributed by atoms with van der Waals surface area (Å²) >= 11 is 0. The third-order valence-corrected chi connectivity index (χ3v) is 5.59. The maximum absolute atomic E-state index is 12.9. The Morgan fingerprint density at radius 3 is 2.64 bits per heavy atom. The van der Waals surface area contributed by atoms with E-state index >= 15 is 0 Å². The van der Waals surface area contributed by atoms with Crippen LogP contribution in [0.2, 0.25) is 0 Å². The van der Waals surface area contributed by atoms with Gasteiger partial charge in [-0.15, -0.1) is 0 Å². The molecule has 150 valence electrons. The lowest BCUT2D eigenvalue weighted by molar-refractivity contribution is -0.385. The van der Waals surface area contributed by atoms with Crippen LogP contribution in [0.1, 0.15) is 45.1 Å². The summed E-state index contributed by atoms with van der Waals surface area (Å²) in [6.07, 6.45) is 3.86. The first kappa shape index (κ1) is 19.8. The molecule has 2 N–H and O–H groups in total. The Morgan fingerprint density at radius 1 is 1.32 bits per heavy atom. The number of nitro benzene ring substituents is 1. The number of hydrogen-bond donors (Lipinski definition) is 2. The zero-order valence-corrected chi connectivity index (χ0v) is 15.9. The minimum atomic E-state index is -1.45. The maximum Gasteiger partial charge on any atom is 0.325 e. The summed E-state index contributed by atoms with van der Waals surface area (Å²) in [6, 6.07) is 4.93. The summed E-state index contributed by atoms with van der Waals surface area (Å²) in [4.78, 5) is 48.9. The van der Waals surface area contributed by atoms with E-state index in [2.05, 4.69) is 17.6 Å². The molecule has 1 aromatic carbocycles. The van der Waals surface area contributed by atoms with Gasteiger partial charge < -0.3 is 10.6 Å². The van der Waals surface area contributed by atoms with Crippen LogP contribution in [0.5, 0.6) is 0 Å². The van der Waals surface area contributed by atoms with Gasteiger partial charge in [0.1, 0.15) is 12.1 Å². The lowest BCUT2D eigenvalue weighted by Crippen LogP contribution is -2.46. The molecule has 1 aromatic rings. The van der Waals surface area contributed by atoms with Crippen molar-refractivity contribution in [2.75, 3.05) is 6.54 Å². The average molecular weight is 388 g/mol. The maximum atomic E-state index is 12.9. The Hall–Kier alpha value is -2.97. The van der Waals surface area contributed by atoms with Crippen LogP contribution < -0.4 is 10.6 Å². The summed E-state index contributed by atoms with van der Waals surface area (Å²) in [5, 5.41) is 16.5. The number of nitrogens with zero attached hydrogens (tertiary/aromatic N) is 2. The van der Waals surface area contributed by atoms with E-state index in [1.807, 2.05) is 0 Å². The first-order valence-electron chi connectivity index (χ1n) is 9.39. The fourth-order valence-electron chi connectivity index (χ4n) is 3.79. The van der Waals surface area contributed by atoms with Gasteiger partial charge >= 0.3 is 6.03 Å². The van der Waals surface area contributed by atoms with E-state index < -0.39 is 22.4 Å². The quantitative estimate of drug-likeness (QED) is 0.454. The Kier molecular flexibility index (Phi) is 5.35. The predicted molar refractivity (Wildman–Crippen MR) is 100 cm³/mol. The van der Waals surface area contributed by atoms with Gasteiger partial charge in [-0.25, -0.2) is 4.79 Å². The average Bonchev–Trinajstić information content (AvgIpc) is 2.88. The number of nitrogens with one attached hydrogen (secondary N) is 2. The Bertz CT molecular complexity index is 818. The normalized spacial score (nSPS) is 27.4. The van der Waals surface area contributed by atoms with Crippen LogP contribution in [-0.2, 0) is 15.1 Å². The first-order valence-corrected chi connectivity index (χ1v) is 9.39. The molecule has 1 aliphatic heterocycles. The van der Waals surface area contributed by atoms with Crippen molar-refractivity contribution in [2.24, 2.45) is 5.92 Å². The van der Waals surface area contributed by atoms with Gasteiger partial charge in [0.15, 0.2) is 0 Å². The molecule has 4 amide bonds. The minimum absolute atomic E-state index is 0.0626. The highest BCUT2D eigenvalue weighted by molar-refractivity contribution is 6.09. The molecule has 28 heavy (non-hydrogen) atoms. The van der Waals surface area contributed by atoms with Crippen LogP contribution >= 0.6 is 0 Å². The highest BCUT2D eigenvalue weighted by Crippen LogP contribution is 2.31. The number of benzene rings is 1. The molecule has 1 atom stereocenters. The Labute approximate surface area is 162 Å². The number of hydrogen-bond acceptors (Lipinski definition) is 5. The highest BCUT2D eigenvalue weighted by Gasteiger charge is 2.49. The van der Waals surface area contributed by atoms with E-state index in [0.717, 1.165) is 30.6 Å². The van der Waals surface area contributed by atoms with E-state index in [1.165, 1.54) is 31.2 Å². The van der Waals surface area contributed by atoms with Gasteiger partial charge in [-0.05, 0) is 44.1 Å². The number of carbonyl (C=O) groups is 3. The SMILES string of the molecule is CC1CCC(NC(=O)CN2C(=O)NC(C)(c3cccc([N+](=O)[O-])c3)C2=O)CC1. The summed E-state index contributed by atoms with van der Waals surface area (Å²) in [7, 11) is 0. The Morgan fingerprint density at radius 2 is 2.00 bits per heavy atom. The molecule has 1 saturated carbocycles. The molecule has 1 unspecified atom stereocenters. The van der Waals surface area contributed by atoms with Crippen LogP contribution in [0.4, 0.5) is 10.5 Å².